The Labute approximate surface area is 323 Å². The largest absolute Gasteiger partial charge is 0.512 e. The molecule has 0 saturated carbocycles. The number of carboxylic acid groups (broad SMARTS) is 1. The first-order valence-electron chi connectivity index (χ1n) is 16.9. The van der Waals surface area contributed by atoms with Gasteiger partial charge >= 0.3 is 18.1 Å². The zero-order valence-electron chi connectivity index (χ0n) is 30.3. The number of aldehydes is 1. The standard InChI is InChI=1S/C37H38F3N5O10S/c1-23(56-28-18-51-34(52-19-28)7-5-4-6-26-9-8-25(16-41)14-30(26)39)37(20-45-22-42-21-43-45,29-11-10-27(38)15-31(29)40)55-36(50)54-24(2)53-33(47)17-44(3)32(12-13-46)35(48)49/h4-11,13-15,21-24,28,32,34H,12,17-20H2,1-3H3,(H,48,49). The van der Waals surface area contributed by atoms with E-state index < -0.39 is 76.8 Å². The number of rotatable bonds is 18. The number of aromatic nitrogens is 3. The molecule has 1 aliphatic heterocycles. The van der Waals surface area contributed by atoms with Crippen molar-refractivity contribution >= 4 is 42.2 Å². The second-order valence-corrected chi connectivity index (χ2v) is 14.0. The first-order chi connectivity index (χ1) is 26.7. The topological polar surface area (TPSA) is 192 Å². The summed E-state index contributed by atoms with van der Waals surface area (Å²) >= 11 is 1.21. The smallest absolute Gasteiger partial charge is 0.480 e. The van der Waals surface area contributed by atoms with E-state index >= 15 is 4.39 Å². The van der Waals surface area contributed by atoms with Gasteiger partial charge in [-0.2, -0.15) is 10.4 Å². The maximum absolute atomic E-state index is 15.7. The highest BCUT2D eigenvalue weighted by Crippen LogP contribution is 2.42. The minimum Gasteiger partial charge on any atom is -0.480 e. The molecule has 1 fully saturated rings. The van der Waals surface area contributed by atoms with Crippen LogP contribution in [0, 0.1) is 28.8 Å². The Kier molecular flexibility index (Phi) is 15.7. The Morgan fingerprint density at radius 1 is 1.12 bits per heavy atom. The number of hydrogen-bond donors (Lipinski definition) is 1. The molecule has 1 aromatic heterocycles. The average molecular weight is 802 g/mol. The van der Waals surface area contributed by atoms with Gasteiger partial charge in [-0.25, -0.2) is 27.6 Å². The summed E-state index contributed by atoms with van der Waals surface area (Å²) in [5.41, 5.74) is -1.73. The lowest BCUT2D eigenvalue weighted by atomic mass is 9.89. The summed E-state index contributed by atoms with van der Waals surface area (Å²) in [5, 5.41) is 21.1. The van der Waals surface area contributed by atoms with Gasteiger partial charge in [0.05, 0.1) is 43.2 Å². The Balaban J connectivity index is 1.48. The fourth-order valence-corrected chi connectivity index (χ4v) is 6.92. The highest BCUT2D eigenvalue weighted by molar-refractivity contribution is 8.00. The van der Waals surface area contributed by atoms with Gasteiger partial charge in [-0.1, -0.05) is 24.3 Å². The van der Waals surface area contributed by atoms with Crippen molar-refractivity contribution in [2.24, 2.45) is 0 Å². The van der Waals surface area contributed by atoms with E-state index in [1.54, 1.807) is 25.2 Å². The van der Waals surface area contributed by atoms with Crippen molar-refractivity contribution in [1.29, 1.82) is 5.26 Å². The number of aliphatic carboxylic acids is 1. The molecule has 0 spiro atoms. The molecule has 19 heteroatoms. The number of allylic oxidation sites excluding steroid dienone is 2. The Morgan fingerprint density at radius 2 is 1.88 bits per heavy atom. The summed E-state index contributed by atoms with van der Waals surface area (Å²) in [6.45, 7) is 2.17. The SMILES string of the molecule is CC(OC(=O)CN(C)C(CC=O)C(=O)O)OC(=O)OC(Cn1cncn1)(c1ccc(F)cc1F)C(C)SC1COC(C=CC=Cc2ccc(C#N)cc2F)OC1. The van der Waals surface area contributed by atoms with Crippen LogP contribution in [0.1, 0.15) is 37.0 Å². The third kappa shape index (κ3) is 12.0. The van der Waals surface area contributed by atoms with Gasteiger partial charge in [0, 0.05) is 35.8 Å². The third-order valence-electron chi connectivity index (χ3n) is 8.32. The number of carboxylic acids is 1. The lowest BCUT2D eigenvalue weighted by Gasteiger charge is -2.40. The Bertz CT molecular complexity index is 1940. The van der Waals surface area contributed by atoms with Crippen molar-refractivity contribution in [1.82, 2.24) is 19.7 Å². The summed E-state index contributed by atoms with van der Waals surface area (Å²) in [6, 6.07) is 7.41. The molecule has 3 aromatic rings. The quantitative estimate of drug-likeness (QED) is 0.0811. The highest BCUT2D eigenvalue weighted by Gasteiger charge is 2.47. The van der Waals surface area contributed by atoms with E-state index in [2.05, 4.69) is 10.1 Å². The van der Waals surface area contributed by atoms with Gasteiger partial charge in [0.2, 0.25) is 6.29 Å². The molecule has 0 aliphatic carbocycles. The van der Waals surface area contributed by atoms with Crippen LogP contribution in [0.25, 0.3) is 6.08 Å². The molecule has 1 aliphatic rings. The number of thioether (sulfide) groups is 1. The number of ether oxygens (including phenoxy) is 5. The molecule has 2 heterocycles. The summed E-state index contributed by atoms with van der Waals surface area (Å²) in [6.07, 6.45) is 5.07. The number of benzene rings is 2. The van der Waals surface area contributed by atoms with Gasteiger partial charge in [0.15, 0.2) is 11.9 Å². The molecule has 0 radical (unpaired) electrons. The van der Waals surface area contributed by atoms with E-state index in [1.165, 1.54) is 61.3 Å². The minimum atomic E-state index is -1.97. The van der Waals surface area contributed by atoms with Crippen LogP contribution >= 0.6 is 11.8 Å². The Hall–Kier alpha value is -5.55. The monoisotopic (exact) mass is 801 g/mol. The minimum absolute atomic E-state index is 0.130. The van der Waals surface area contributed by atoms with Crippen LogP contribution in [-0.4, -0.2) is 105 Å². The fraction of sp³-hybridized carbons (Fsp3) is 0.378. The van der Waals surface area contributed by atoms with Crippen LogP contribution in [0.4, 0.5) is 18.0 Å². The first kappa shape index (κ1) is 43.2. The second kappa shape index (κ2) is 20.4. The predicted octanol–water partition coefficient (Wildman–Crippen LogP) is 4.61. The molecular formula is C37H38F3N5O10S. The molecule has 2 aromatic carbocycles. The van der Waals surface area contributed by atoms with E-state index in [0.717, 1.165) is 23.1 Å². The molecule has 15 nitrogen and oxygen atoms in total. The molecule has 4 rings (SSSR count). The highest BCUT2D eigenvalue weighted by atomic mass is 32.2. The lowest BCUT2D eigenvalue weighted by Crippen LogP contribution is -2.47. The van der Waals surface area contributed by atoms with Crippen LogP contribution in [-0.2, 0) is 50.2 Å². The zero-order chi connectivity index (χ0) is 40.8. The van der Waals surface area contributed by atoms with E-state index in [-0.39, 0.29) is 42.9 Å². The summed E-state index contributed by atoms with van der Waals surface area (Å²) in [4.78, 5) is 53.3. The van der Waals surface area contributed by atoms with E-state index in [0.29, 0.717) is 12.4 Å². The van der Waals surface area contributed by atoms with Gasteiger partial charge in [-0.05, 0) is 44.3 Å². The Morgan fingerprint density at radius 3 is 2.50 bits per heavy atom. The molecule has 1 saturated heterocycles. The number of likely N-dealkylation sites (N-methyl/N-ethyl adjacent to an activating group) is 1. The number of esters is 1. The second-order valence-electron chi connectivity index (χ2n) is 12.3. The van der Waals surface area contributed by atoms with Crippen molar-refractivity contribution in [2.75, 3.05) is 26.8 Å². The van der Waals surface area contributed by atoms with Gasteiger partial charge in [-0.15, -0.1) is 11.8 Å². The van der Waals surface area contributed by atoms with Crippen molar-refractivity contribution in [3.8, 4) is 6.07 Å². The van der Waals surface area contributed by atoms with Crippen molar-refractivity contribution < 1.29 is 61.1 Å². The van der Waals surface area contributed by atoms with Crippen LogP contribution in [0.3, 0.4) is 0 Å². The molecule has 0 amide bonds. The van der Waals surface area contributed by atoms with Crippen molar-refractivity contribution in [3.63, 3.8) is 0 Å². The normalized spacial score (nSPS) is 18.5. The van der Waals surface area contributed by atoms with Crippen LogP contribution in [0.5, 0.6) is 0 Å². The summed E-state index contributed by atoms with van der Waals surface area (Å²) in [5.74, 6) is -4.82. The third-order valence-corrected chi connectivity index (χ3v) is 9.77. The van der Waals surface area contributed by atoms with Crippen LogP contribution in [0.15, 0.2) is 67.3 Å². The molecular weight excluding hydrogens is 763 g/mol. The van der Waals surface area contributed by atoms with Crippen LogP contribution in [0.2, 0.25) is 0 Å². The average Bonchev–Trinajstić information content (AvgIpc) is 3.65. The van der Waals surface area contributed by atoms with E-state index in [9.17, 15) is 33.1 Å². The first-order valence-corrected chi connectivity index (χ1v) is 17.9. The fourth-order valence-electron chi connectivity index (χ4n) is 5.55. The summed E-state index contributed by atoms with van der Waals surface area (Å²) in [7, 11) is 1.29. The van der Waals surface area contributed by atoms with Gasteiger partial charge in [-0.3, -0.25) is 14.5 Å². The number of nitriles is 1. The van der Waals surface area contributed by atoms with Crippen molar-refractivity contribution in [2.45, 2.75) is 61.5 Å². The van der Waals surface area contributed by atoms with E-state index in [4.69, 9.17) is 28.9 Å². The van der Waals surface area contributed by atoms with Gasteiger partial charge in [0.25, 0.3) is 0 Å². The number of nitrogens with zero attached hydrogens (tertiary/aromatic N) is 5. The maximum atomic E-state index is 15.7. The van der Waals surface area contributed by atoms with E-state index in [1.807, 2.05) is 6.07 Å². The van der Waals surface area contributed by atoms with Gasteiger partial charge < -0.3 is 33.6 Å². The maximum Gasteiger partial charge on any atom is 0.512 e. The molecule has 4 unspecified atom stereocenters. The molecule has 4 atom stereocenters. The number of hydrogen-bond acceptors (Lipinski definition) is 14. The number of carbonyl (C=O) groups excluding carboxylic acids is 3. The summed E-state index contributed by atoms with van der Waals surface area (Å²) < 4.78 is 73.3. The predicted molar refractivity (Wildman–Crippen MR) is 192 cm³/mol. The molecule has 56 heavy (non-hydrogen) atoms. The molecule has 0 bridgehead atoms. The number of halogens is 3. The lowest BCUT2D eigenvalue weighted by molar-refractivity contribution is -0.173. The molecule has 298 valence electrons. The van der Waals surface area contributed by atoms with Gasteiger partial charge in [0.1, 0.15) is 42.4 Å². The zero-order valence-corrected chi connectivity index (χ0v) is 31.1. The number of carbonyl (C=O) groups is 4. The molecule has 1 N–H and O–H groups in total. The van der Waals surface area contributed by atoms with Crippen molar-refractivity contribution in [3.05, 3.63) is 101 Å². The van der Waals surface area contributed by atoms with Crippen LogP contribution < -0.4 is 0 Å².